The topological polar surface area (TPSA) is 63.3 Å². The van der Waals surface area contributed by atoms with E-state index in [1.54, 1.807) is 18.2 Å². The van der Waals surface area contributed by atoms with Gasteiger partial charge in [-0.25, -0.2) is 9.83 Å². The number of aromatic hydroxyl groups is 1. The molecule has 1 aliphatic carbocycles. The first-order valence-corrected chi connectivity index (χ1v) is 14.4. The van der Waals surface area contributed by atoms with Gasteiger partial charge in [0.2, 0.25) is 0 Å². The fourth-order valence-corrected chi connectivity index (χ4v) is 6.58. The first kappa shape index (κ1) is 25.6. The van der Waals surface area contributed by atoms with E-state index in [0.717, 1.165) is 50.1 Å². The minimum Gasteiger partial charge on any atom is -0.507 e. The molecule has 5 aromatic carbocycles. The Labute approximate surface area is 254 Å². The van der Waals surface area contributed by atoms with Crippen LogP contribution in [0.5, 0.6) is 5.75 Å². The summed E-state index contributed by atoms with van der Waals surface area (Å²) in [7, 11) is 0. The highest BCUT2D eigenvalue weighted by molar-refractivity contribution is 5.87. The summed E-state index contributed by atoms with van der Waals surface area (Å²) in [5.41, 5.74) is 10.3. The average molecular weight is 565 g/mol. The van der Waals surface area contributed by atoms with Gasteiger partial charge in [0, 0.05) is 11.1 Å². The number of benzene rings is 5. The summed E-state index contributed by atoms with van der Waals surface area (Å²) >= 11 is 0. The van der Waals surface area contributed by atoms with Crippen LogP contribution in [-0.4, -0.2) is 20.1 Å². The Morgan fingerprint density at radius 3 is 1.98 bits per heavy atom. The molecule has 0 bridgehead atoms. The van der Waals surface area contributed by atoms with Gasteiger partial charge < -0.3 is 5.11 Å². The van der Waals surface area contributed by atoms with Gasteiger partial charge in [-0.1, -0.05) is 91.0 Å². The molecule has 8 rings (SSSR count). The predicted molar refractivity (Wildman–Crippen MR) is 173 cm³/mol. The molecule has 0 unspecified atom stereocenters. The van der Waals surface area contributed by atoms with E-state index < -0.39 is 5.41 Å². The normalized spacial score (nSPS) is 12.8. The summed E-state index contributed by atoms with van der Waals surface area (Å²) in [5.74, 6) is 0.117. The standard InChI is InChI=1S/C39H24N4O/c1-40-27-22-35(30-15-4-9-20-37(30)44)43-38(23-27)39(31-16-5-2-13-28(31)29-14-3-6-17-32(29)39)26-12-10-11-25(21-26)36-24-41-33-18-7-8-19-34(33)42-36/h2-24,44H. The van der Waals surface area contributed by atoms with Crippen molar-refractivity contribution < 1.29 is 5.11 Å². The van der Waals surface area contributed by atoms with E-state index in [9.17, 15) is 5.11 Å². The Bertz CT molecular complexity index is 2240. The number of hydrogen-bond donors (Lipinski definition) is 1. The summed E-state index contributed by atoms with van der Waals surface area (Å²) in [6.07, 6.45) is 1.82. The Kier molecular flexibility index (Phi) is 5.82. The number of para-hydroxylation sites is 3. The van der Waals surface area contributed by atoms with E-state index in [4.69, 9.17) is 16.5 Å². The van der Waals surface area contributed by atoms with Crippen LogP contribution in [0.25, 0.3) is 49.5 Å². The van der Waals surface area contributed by atoms with Crippen LogP contribution in [-0.2, 0) is 5.41 Å². The maximum Gasteiger partial charge on any atom is 0.191 e. The van der Waals surface area contributed by atoms with Crippen LogP contribution in [0.2, 0.25) is 0 Å². The molecule has 0 saturated heterocycles. The van der Waals surface area contributed by atoms with Crippen molar-refractivity contribution in [3.63, 3.8) is 0 Å². The largest absolute Gasteiger partial charge is 0.507 e. The van der Waals surface area contributed by atoms with E-state index in [1.165, 1.54) is 0 Å². The molecule has 1 N–H and O–H groups in total. The molecule has 0 spiro atoms. The Morgan fingerprint density at radius 2 is 1.25 bits per heavy atom. The molecule has 0 aliphatic heterocycles. The van der Waals surface area contributed by atoms with Crippen molar-refractivity contribution in [3.8, 4) is 39.4 Å². The summed E-state index contributed by atoms with van der Waals surface area (Å²) < 4.78 is 0. The molecule has 0 fully saturated rings. The summed E-state index contributed by atoms with van der Waals surface area (Å²) in [6, 6.07) is 43.9. The van der Waals surface area contributed by atoms with Gasteiger partial charge in [-0.2, -0.15) is 0 Å². The molecule has 7 aromatic rings. The van der Waals surface area contributed by atoms with Crippen LogP contribution < -0.4 is 0 Å². The maximum absolute atomic E-state index is 10.8. The lowest BCUT2D eigenvalue weighted by atomic mass is 9.69. The molecule has 5 nitrogen and oxygen atoms in total. The molecule has 2 aromatic heterocycles. The van der Waals surface area contributed by atoms with Crippen LogP contribution in [0, 0.1) is 6.57 Å². The Hall–Kier alpha value is -6.12. The predicted octanol–water partition coefficient (Wildman–Crippen LogP) is 8.98. The van der Waals surface area contributed by atoms with Crippen LogP contribution in [0.3, 0.4) is 0 Å². The van der Waals surface area contributed by atoms with Crippen LogP contribution in [0.15, 0.2) is 140 Å². The number of rotatable bonds is 4. The molecule has 0 saturated carbocycles. The first-order valence-electron chi connectivity index (χ1n) is 14.4. The minimum atomic E-state index is -0.840. The highest BCUT2D eigenvalue weighted by Gasteiger charge is 2.47. The second kappa shape index (κ2) is 10.0. The van der Waals surface area contributed by atoms with Crippen molar-refractivity contribution in [2.45, 2.75) is 5.41 Å². The molecule has 2 heterocycles. The molecule has 0 amide bonds. The van der Waals surface area contributed by atoms with Crippen molar-refractivity contribution in [2.24, 2.45) is 0 Å². The van der Waals surface area contributed by atoms with Crippen molar-refractivity contribution in [2.75, 3.05) is 0 Å². The van der Waals surface area contributed by atoms with Crippen molar-refractivity contribution in [3.05, 3.63) is 173 Å². The lowest BCUT2D eigenvalue weighted by Crippen LogP contribution is -2.30. The van der Waals surface area contributed by atoms with Gasteiger partial charge in [0.25, 0.3) is 0 Å². The molecule has 0 radical (unpaired) electrons. The molecular formula is C39H24N4O. The minimum absolute atomic E-state index is 0.117. The number of hydrogen-bond acceptors (Lipinski definition) is 4. The van der Waals surface area contributed by atoms with Crippen molar-refractivity contribution in [1.82, 2.24) is 15.0 Å². The van der Waals surface area contributed by atoms with Gasteiger partial charge >= 0.3 is 0 Å². The second-order valence-corrected chi connectivity index (χ2v) is 10.9. The van der Waals surface area contributed by atoms with Crippen molar-refractivity contribution >= 4 is 16.7 Å². The smallest absolute Gasteiger partial charge is 0.191 e. The van der Waals surface area contributed by atoms with Gasteiger partial charge in [-0.3, -0.25) is 9.97 Å². The van der Waals surface area contributed by atoms with E-state index in [-0.39, 0.29) is 5.75 Å². The third kappa shape index (κ3) is 3.82. The Balaban J connectivity index is 1.45. The van der Waals surface area contributed by atoms with Crippen LogP contribution in [0.1, 0.15) is 22.4 Å². The molecule has 5 heteroatoms. The number of fused-ring (bicyclic) bond motifs is 4. The lowest BCUT2D eigenvalue weighted by Gasteiger charge is -2.33. The van der Waals surface area contributed by atoms with Crippen LogP contribution >= 0.6 is 0 Å². The van der Waals surface area contributed by atoms with E-state index in [2.05, 4.69) is 82.6 Å². The number of pyridine rings is 1. The van der Waals surface area contributed by atoms with E-state index >= 15 is 0 Å². The fraction of sp³-hybridized carbons (Fsp3) is 0.0256. The summed E-state index contributed by atoms with van der Waals surface area (Å²) in [5, 5.41) is 10.8. The van der Waals surface area contributed by atoms with Gasteiger partial charge in [-0.05, 0) is 70.3 Å². The summed E-state index contributed by atoms with van der Waals surface area (Å²) in [6.45, 7) is 8.01. The quantitative estimate of drug-likeness (QED) is 0.217. The zero-order valence-corrected chi connectivity index (χ0v) is 23.5. The average Bonchev–Trinajstić information content (AvgIpc) is 3.39. The SMILES string of the molecule is [C-]#[N+]c1cc(-c2ccccc2O)nc(C2(c3cccc(-c4cnc5ccccc5n4)c3)c3ccccc3-c3ccccc32)c1. The molecule has 1 aliphatic rings. The third-order valence-electron chi connectivity index (χ3n) is 8.50. The van der Waals surface area contributed by atoms with E-state index in [1.807, 2.05) is 48.7 Å². The zero-order valence-electron chi connectivity index (χ0n) is 23.5. The van der Waals surface area contributed by atoms with E-state index in [0.29, 0.717) is 22.6 Å². The first-order chi connectivity index (χ1) is 21.7. The van der Waals surface area contributed by atoms with Gasteiger partial charge in [-0.15, -0.1) is 0 Å². The maximum atomic E-state index is 10.8. The number of aromatic nitrogens is 3. The second-order valence-electron chi connectivity index (χ2n) is 10.9. The van der Waals surface area contributed by atoms with Crippen LogP contribution in [0.4, 0.5) is 5.69 Å². The summed E-state index contributed by atoms with van der Waals surface area (Å²) in [4.78, 5) is 18.7. The molecular weight excluding hydrogens is 540 g/mol. The zero-order chi connectivity index (χ0) is 29.7. The van der Waals surface area contributed by atoms with Gasteiger partial charge in [0.05, 0.1) is 46.3 Å². The lowest BCUT2D eigenvalue weighted by molar-refractivity contribution is 0.477. The number of phenols is 1. The molecule has 0 atom stereocenters. The highest BCUT2D eigenvalue weighted by atomic mass is 16.3. The molecule has 206 valence electrons. The third-order valence-corrected chi connectivity index (χ3v) is 8.50. The Morgan fingerprint density at radius 1 is 0.591 bits per heavy atom. The fourth-order valence-electron chi connectivity index (χ4n) is 6.58. The highest BCUT2D eigenvalue weighted by Crippen LogP contribution is 2.56. The molecule has 44 heavy (non-hydrogen) atoms. The van der Waals surface area contributed by atoms with Crippen molar-refractivity contribution in [1.29, 1.82) is 0 Å². The number of phenolic OH excluding ortho intramolecular Hbond substituents is 1. The van der Waals surface area contributed by atoms with Gasteiger partial charge in [0.1, 0.15) is 5.75 Å². The monoisotopic (exact) mass is 564 g/mol. The number of nitrogens with zero attached hydrogens (tertiary/aromatic N) is 4. The van der Waals surface area contributed by atoms with Gasteiger partial charge in [0.15, 0.2) is 5.69 Å².